The van der Waals surface area contributed by atoms with Crippen LogP contribution in [0.25, 0.3) is 0 Å². The summed E-state index contributed by atoms with van der Waals surface area (Å²) in [5.74, 6) is 1.59. The van der Waals surface area contributed by atoms with Gasteiger partial charge in [0.25, 0.3) is 0 Å². The second-order valence-electron chi connectivity index (χ2n) is 2.74. The fraction of sp³-hybridized carbons (Fsp3) is 0.857. The second kappa shape index (κ2) is 7.34. The Morgan fingerprint density at radius 3 is 2.23 bits per heavy atom. The summed E-state index contributed by atoms with van der Waals surface area (Å²) in [5.41, 5.74) is 0. The molecule has 0 aromatic heterocycles. The van der Waals surface area contributed by atoms with Crippen molar-refractivity contribution in [3.05, 3.63) is 0 Å². The smallest absolute Gasteiger partial charge is 0.409 e. The van der Waals surface area contributed by atoms with E-state index in [1.165, 1.54) is 12.0 Å². The van der Waals surface area contributed by atoms with E-state index in [2.05, 4.69) is 9.64 Å². The van der Waals surface area contributed by atoms with Crippen molar-refractivity contribution in [3.63, 3.8) is 0 Å². The molecule has 0 N–H and O–H groups in total. The molecule has 0 fully saturated rings. The highest BCUT2D eigenvalue weighted by molar-refractivity contribution is 8.76. The SMILES string of the molecule is COC(=O)N(C)CSSCN(C)C. The van der Waals surface area contributed by atoms with E-state index in [9.17, 15) is 4.79 Å². The van der Waals surface area contributed by atoms with Gasteiger partial charge in [-0.2, -0.15) is 0 Å². The van der Waals surface area contributed by atoms with E-state index in [0.29, 0.717) is 5.88 Å². The molecule has 0 unspecified atom stereocenters. The highest BCUT2D eigenvalue weighted by atomic mass is 33.1. The van der Waals surface area contributed by atoms with Crippen molar-refractivity contribution in [2.24, 2.45) is 0 Å². The number of methoxy groups -OCH3 is 1. The molecule has 0 rings (SSSR count). The van der Waals surface area contributed by atoms with Gasteiger partial charge in [-0.1, -0.05) is 21.6 Å². The third kappa shape index (κ3) is 7.04. The number of ether oxygens (including phenoxy) is 1. The fourth-order valence-corrected chi connectivity index (χ4v) is 2.64. The highest BCUT2D eigenvalue weighted by Gasteiger charge is 2.06. The lowest BCUT2D eigenvalue weighted by atomic mass is 10.9. The summed E-state index contributed by atoms with van der Waals surface area (Å²) in [6.07, 6.45) is -0.294. The largest absolute Gasteiger partial charge is 0.453 e. The number of carbonyl (C=O) groups excluding carboxylic acids is 1. The molecule has 0 aliphatic heterocycles. The normalized spacial score (nSPS) is 10.2. The van der Waals surface area contributed by atoms with Crippen LogP contribution in [0.1, 0.15) is 0 Å². The number of hydrogen-bond acceptors (Lipinski definition) is 5. The minimum Gasteiger partial charge on any atom is -0.453 e. The Hall–Kier alpha value is -0.0700. The molecule has 1 amide bonds. The zero-order valence-corrected chi connectivity index (χ0v) is 10.1. The predicted octanol–water partition coefficient (Wildman–Crippen LogP) is 1.54. The second-order valence-corrected chi connectivity index (χ2v) is 5.14. The molecule has 0 heterocycles. The van der Waals surface area contributed by atoms with Crippen molar-refractivity contribution in [2.75, 3.05) is 40.0 Å². The monoisotopic (exact) mass is 224 g/mol. The third-order valence-corrected chi connectivity index (χ3v) is 3.54. The van der Waals surface area contributed by atoms with Crippen LogP contribution >= 0.6 is 21.6 Å². The average Bonchev–Trinajstić information content (AvgIpc) is 2.10. The molecule has 13 heavy (non-hydrogen) atoms. The molecule has 0 saturated heterocycles. The molecule has 0 aromatic carbocycles. The van der Waals surface area contributed by atoms with Crippen molar-refractivity contribution in [1.82, 2.24) is 9.80 Å². The van der Waals surface area contributed by atoms with Gasteiger partial charge in [0.05, 0.1) is 18.9 Å². The molecule has 6 heteroatoms. The zero-order chi connectivity index (χ0) is 10.3. The van der Waals surface area contributed by atoms with Crippen LogP contribution in [0, 0.1) is 0 Å². The summed E-state index contributed by atoms with van der Waals surface area (Å²) < 4.78 is 4.54. The topological polar surface area (TPSA) is 32.8 Å². The molecule has 0 spiro atoms. The Labute approximate surface area is 87.4 Å². The van der Waals surface area contributed by atoms with Crippen molar-refractivity contribution in [2.45, 2.75) is 0 Å². The maximum atomic E-state index is 10.9. The van der Waals surface area contributed by atoms with Gasteiger partial charge in [0, 0.05) is 7.05 Å². The Balaban J connectivity index is 3.37. The number of hydrogen-bond donors (Lipinski definition) is 0. The van der Waals surface area contributed by atoms with Crippen molar-refractivity contribution < 1.29 is 9.53 Å². The standard InChI is InChI=1S/C7H16N2O2S2/c1-8(2)5-12-13-6-9(3)7(10)11-4/h5-6H2,1-4H3. The molecule has 0 bridgehead atoms. The van der Waals surface area contributed by atoms with Gasteiger partial charge in [-0.25, -0.2) is 4.79 Å². The minimum absolute atomic E-state index is 0.294. The number of rotatable bonds is 5. The molecule has 0 radical (unpaired) electrons. The first-order chi connectivity index (χ1) is 6.07. The summed E-state index contributed by atoms with van der Waals surface area (Å²) >= 11 is 0. The average molecular weight is 224 g/mol. The van der Waals surface area contributed by atoms with Gasteiger partial charge in [0.1, 0.15) is 0 Å². The molecule has 78 valence electrons. The van der Waals surface area contributed by atoms with E-state index in [1.54, 1.807) is 28.6 Å². The highest BCUT2D eigenvalue weighted by Crippen LogP contribution is 2.21. The summed E-state index contributed by atoms with van der Waals surface area (Å²) in [6, 6.07) is 0. The van der Waals surface area contributed by atoms with Crippen LogP contribution < -0.4 is 0 Å². The first kappa shape index (κ1) is 12.9. The summed E-state index contributed by atoms with van der Waals surface area (Å²) in [5, 5.41) is 0. The van der Waals surface area contributed by atoms with Crippen molar-refractivity contribution in [3.8, 4) is 0 Å². The van der Waals surface area contributed by atoms with Gasteiger partial charge in [-0.05, 0) is 14.1 Å². The van der Waals surface area contributed by atoms with Crippen LogP contribution in [0.2, 0.25) is 0 Å². The lowest BCUT2D eigenvalue weighted by molar-refractivity contribution is 0.140. The third-order valence-electron chi connectivity index (χ3n) is 1.13. The van der Waals surface area contributed by atoms with Crippen molar-refractivity contribution in [1.29, 1.82) is 0 Å². The molecule has 0 saturated carbocycles. The van der Waals surface area contributed by atoms with Gasteiger partial charge >= 0.3 is 6.09 Å². The number of carbonyl (C=O) groups is 1. The van der Waals surface area contributed by atoms with Crippen molar-refractivity contribution >= 4 is 27.7 Å². The Morgan fingerprint density at radius 2 is 1.77 bits per heavy atom. The molecular weight excluding hydrogens is 208 g/mol. The van der Waals surface area contributed by atoms with Gasteiger partial charge in [0.15, 0.2) is 0 Å². The van der Waals surface area contributed by atoms with E-state index in [0.717, 1.165) is 5.88 Å². The summed E-state index contributed by atoms with van der Waals surface area (Å²) in [6.45, 7) is 0. The van der Waals surface area contributed by atoms with Crippen LogP contribution in [-0.4, -0.2) is 55.9 Å². The summed E-state index contributed by atoms with van der Waals surface area (Å²) in [7, 11) is 10.5. The van der Waals surface area contributed by atoms with E-state index in [1.807, 2.05) is 14.1 Å². The first-order valence-corrected chi connectivity index (χ1v) is 6.25. The van der Waals surface area contributed by atoms with Crippen LogP contribution in [0.3, 0.4) is 0 Å². The Kier molecular flexibility index (Phi) is 7.31. The lowest BCUT2D eigenvalue weighted by Crippen LogP contribution is -2.25. The Bertz CT molecular complexity index is 155. The van der Waals surface area contributed by atoms with Gasteiger partial charge < -0.3 is 9.64 Å². The number of amides is 1. The van der Waals surface area contributed by atoms with Gasteiger partial charge in [-0.3, -0.25) is 4.90 Å². The van der Waals surface area contributed by atoms with E-state index in [-0.39, 0.29) is 6.09 Å². The lowest BCUT2D eigenvalue weighted by Gasteiger charge is -2.15. The molecule has 0 aliphatic rings. The maximum Gasteiger partial charge on any atom is 0.409 e. The molecule has 4 nitrogen and oxygen atoms in total. The van der Waals surface area contributed by atoms with E-state index >= 15 is 0 Å². The minimum atomic E-state index is -0.294. The maximum absolute atomic E-state index is 10.9. The molecule has 0 atom stereocenters. The fourth-order valence-electron chi connectivity index (χ4n) is 0.468. The van der Waals surface area contributed by atoms with E-state index in [4.69, 9.17) is 0 Å². The van der Waals surface area contributed by atoms with Gasteiger partial charge in [-0.15, -0.1) is 0 Å². The van der Waals surface area contributed by atoms with Gasteiger partial charge in [0.2, 0.25) is 0 Å². The predicted molar refractivity (Wildman–Crippen MR) is 58.8 cm³/mol. The summed E-state index contributed by atoms with van der Waals surface area (Å²) in [4.78, 5) is 14.5. The Morgan fingerprint density at radius 1 is 1.23 bits per heavy atom. The zero-order valence-electron chi connectivity index (χ0n) is 8.44. The van der Waals surface area contributed by atoms with Crippen LogP contribution in [0.4, 0.5) is 4.79 Å². The van der Waals surface area contributed by atoms with E-state index < -0.39 is 0 Å². The van der Waals surface area contributed by atoms with Crippen LogP contribution in [0.5, 0.6) is 0 Å². The molecular formula is C7H16N2O2S2. The molecule has 0 aliphatic carbocycles. The first-order valence-electron chi connectivity index (χ1n) is 3.76. The van der Waals surface area contributed by atoms with Crippen LogP contribution in [0.15, 0.2) is 0 Å². The quantitative estimate of drug-likeness (QED) is 0.402. The number of nitrogens with zero attached hydrogens (tertiary/aromatic N) is 2. The molecule has 0 aromatic rings. The van der Waals surface area contributed by atoms with Crippen LogP contribution in [-0.2, 0) is 4.74 Å².